The van der Waals surface area contributed by atoms with Crippen molar-refractivity contribution >= 4 is 12.1 Å². The largest absolute Gasteiger partial charge is 0.389 e. The van der Waals surface area contributed by atoms with Gasteiger partial charge in [-0.05, 0) is 30.4 Å². The molecule has 0 bridgehead atoms. The minimum atomic E-state index is -0.528. The lowest BCUT2D eigenvalue weighted by atomic mass is 9.60. The molecule has 98 valence electrons. The highest BCUT2D eigenvalue weighted by atomic mass is 16.3. The number of hydrogen-bond donors (Lipinski definition) is 1. The van der Waals surface area contributed by atoms with Gasteiger partial charge in [-0.2, -0.15) is 0 Å². The molecule has 2 aliphatic rings. The van der Waals surface area contributed by atoms with Gasteiger partial charge in [0.15, 0.2) is 5.78 Å². The molecular formula is C15H20O3. The number of carbonyl (C=O) groups excluding carboxylic acids is 2. The van der Waals surface area contributed by atoms with Crippen LogP contribution in [0.1, 0.15) is 33.6 Å². The molecular weight excluding hydrogens is 228 g/mol. The van der Waals surface area contributed by atoms with Gasteiger partial charge < -0.3 is 9.90 Å². The second-order valence-electron chi connectivity index (χ2n) is 5.77. The van der Waals surface area contributed by atoms with E-state index in [0.717, 1.165) is 18.3 Å². The van der Waals surface area contributed by atoms with Crippen LogP contribution in [0.15, 0.2) is 23.3 Å². The van der Waals surface area contributed by atoms with Crippen molar-refractivity contribution in [3.63, 3.8) is 0 Å². The second-order valence-corrected chi connectivity index (χ2v) is 5.77. The van der Waals surface area contributed by atoms with Crippen LogP contribution in [0.3, 0.4) is 0 Å². The first-order valence-electron chi connectivity index (χ1n) is 6.52. The van der Waals surface area contributed by atoms with Gasteiger partial charge in [-0.15, -0.1) is 0 Å². The molecule has 0 radical (unpaired) electrons. The van der Waals surface area contributed by atoms with Gasteiger partial charge in [0.05, 0.1) is 6.10 Å². The smallest absolute Gasteiger partial charge is 0.182 e. The van der Waals surface area contributed by atoms with Crippen LogP contribution >= 0.6 is 0 Å². The van der Waals surface area contributed by atoms with E-state index in [1.165, 1.54) is 0 Å². The Morgan fingerprint density at radius 1 is 1.50 bits per heavy atom. The van der Waals surface area contributed by atoms with Crippen LogP contribution in [0.4, 0.5) is 0 Å². The lowest BCUT2D eigenvalue weighted by Crippen LogP contribution is -2.40. The minimum absolute atomic E-state index is 0.129. The molecule has 18 heavy (non-hydrogen) atoms. The van der Waals surface area contributed by atoms with Crippen molar-refractivity contribution in [3.05, 3.63) is 23.3 Å². The van der Waals surface area contributed by atoms with E-state index in [1.54, 1.807) is 13.0 Å². The normalized spacial score (nSPS) is 37.4. The van der Waals surface area contributed by atoms with Gasteiger partial charge in [-0.3, -0.25) is 4.79 Å². The van der Waals surface area contributed by atoms with Gasteiger partial charge in [-0.25, -0.2) is 0 Å². The van der Waals surface area contributed by atoms with Crippen molar-refractivity contribution in [2.45, 2.75) is 39.7 Å². The molecule has 1 N–H and O–H groups in total. The molecule has 2 rings (SSSR count). The van der Waals surface area contributed by atoms with E-state index in [-0.39, 0.29) is 17.1 Å². The zero-order chi connectivity index (χ0) is 13.5. The van der Waals surface area contributed by atoms with Crippen LogP contribution < -0.4 is 0 Å². The Hall–Kier alpha value is -1.22. The van der Waals surface area contributed by atoms with Gasteiger partial charge in [0, 0.05) is 16.9 Å². The lowest BCUT2D eigenvalue weighted by molar-refractivity contribution is -0.115. The molecule has 0 amide bonds. The van der Waals surface area contributed by atoms with Crippen molar-refractivity contribution in [3.8, 4) is 0 Å². The Morgan fingerprint density at radius 3 is 2.78 bits per heavy atom. The molecule has 0 spiro atoms. The van der Waals surface area contributed by atoms with Gasteiger partial charge in [-0.1, -0.05) is 26.8 Å². The first-order valence-corrected chi connectivity index (χ1v) is 6.52. The highest BCUT2D eigenvalue weighted by Crippen LogP contribution is 2.49. The number of ketones is 1. The van der Waals surface area contributed by atoms with E-state index in [9.17, 15) is 14.7 Å². The van der Waals surface area contributed by atoms with E-state index in [0.29, 0.717) is 17.9 Å². The lowest BCUT2D eigenvalue weighted by Gasteiger charge is -2.44. The molecule has 0 unspecified atom stereocenters. The van der Waals surface area contributed by atoms with Crippen LogP contribution in [0.5, 0.6) is 0 Å². The number of aliphatic hydroxyl groups excluding tert-OH is 1. The van der Waals surface area contributed by atoms with Crippen molar-refractivity contribution in [1.29, 1.82) is 0 Å². The first kappa shape index (κ1) is 13.2. The third-order valence-electron chi connectivity index (χ3n) is 4.60. The highest BCUT2D eigenvalue weighted by Gasteiger charge is 2.43. The van der Waals surface area contributed by atoms with E-state index in [4.69, 9.17) is 0 Å². The molecule has 1 fully saturated rings. The number of aliphatic hydroxyl groups is 1. The molecule has 3 nitrogen and oxygen atoms in total. The summed E-state index contributed by atoms with van der Waals surface area (Å²) in [6, 6.07) is 0. The maximum absolute atomic E-state index is 12.0. The summed E-state index contributed by atoms with van der Waals surface area (Å²) in [6.07, 6.45) is 5.38. The molecule has 4 atom stereocenters. The molecule has 2 aliphatic carbocycles. The van der Waals surface area contributed by atoms with Crippen molar-refractivity contribution in [2.75, 3.05) is 0 Å². The quantitative estimate of drug-likeness (QED) is 0.761. The number of hydrogen-bond acceptors (Lipinski definition) is 3. The topological polar surface area (TPSA) is 54.4 Å². The molecule has 0 saturated heterocycles. The number of rotatable bonds is 2. The number of carbonyl (C=O) groups is 2. The Labute approximate surface area is 108 Å². The first-order chi connectivity index (χ1) is 8.40. The van der Waals surface area contributed by atoms with Gasteiger partial charge in [0.2, 0.25) is 0 Å². The fourth-order valence-corrected chi connectivity index (χ4v) is 3.03. The summed E-state index contributed by atoms with van der Waals surface area (Å²) in [4.78, 5) is 22.9. The third kappa shape index (κ3) is 1.87. The van der Waals surface area contributed by atoms with Gasteiger partial charge >= 0.3 is 0 Å². The molecule has 1 saturated carbocycles. The molecule has 0 aromatic heterocycles. The van der Waals surface area contributed by atoms with E-state index < -0.39 is 6.10 Å². The van der Waals surface area contributed by atoms with Crippen LogP contribution in [0, 0.1) is 17.3 Å². The second kappa shape index (κ2) is 4.47. The van der Waals surface area contributed by atoms with Crippen LogP contribution in [-0.2, 0) is 9.59 Å². The number of allylic oxidation sites excluding steroid dienone is 3. The summed E-state index contributed by atoms with van der Waals surface area (Å²) in [5.74, 6) is -0.136. The van der Waals surface area contributed by atoms with Crippen molar-refractivity contribution in [2.24, 2.45) is 17.3 Å². The Morgan fingerprint density at radius 2 is 2.17 bits per heavy atom. The van der Waals surface area contributed by atoms with Gasteiger partial charge in [0.1, 0.15) is 6.29 Å². The fourth-order valence-electron chi connectivity index (χ4n) is 3.03. The number of fused-ring (bicyclic) bond motifs is 1. The zero-order valence-electron chi connectivity index (χ0n) is 11.1. The Kier molecular flexibility index (Phi) is 3.28. The van der Waals surface area contributed by atoms with Crippen LogP contribution in [-0.4, -0.2) is 23.3 Å². The summed E-state index contributed by atoms with van der Waals surface area (Å²) in [6.45, 7) is 5.92. The Balaban J connectivity index is 2.48. The molecule has 0 aromatic rings. The van der Waals surface area contributed by atoms with E-state index in [2.05, 4.69) is 13.8 Å². The standard InChI is InChI=1S/C15H20O3/c1-9(8-16)11-7-15(3)10(2)4-5-13(17)12(15)6-14(11)18/h6-10,13,17H,4-5H2,1-3H3/t9-,10-,13+,15+/m0/s1. The van der Waals surface area contributed by atoms with Crippen molar-refractivity contribution in [1.82, 2.24) is 0 Å². The number of aldehydes is 1. The third-order valence-corrected chi connectivity index (χ3v) is 4.60. The SMILES string of the molecule is C[C@@H](C=O)C1=C[C@@]2(C)C(=CC1=O)[C@H](O)CC[C@@H]2C. The summed E-state index contributed by atoms with van der Waals surface area (Å²) in [7, 11) is 0. The summed E-state index contributed by atoms with van der Waals surface area (Å²) in [5, 5.41) is 10.1. The summed E-state index contributed by atoms with van der Waals surface area (Å²) in [5.41, 5.74) is 1.09. The van der Waals surface area contributed by atoms with Crippen molar-refractivity contribution < 1.29 is 14.7 Å². The predicted molar refractivity (Wildman–Crippen MR) is 68.9 cm³/mol. The monoisotopic (exact) mass is 248 g/mol. The van der Waals surface area contributed by atoms with E-state index in [1.807, 2.05) is 6.08 Å². The van der Waals surface area contributed by atoms with E-state index >= 15 is 0 Å². The predicted octanol–water partition coefficient (Wildman–Crippen LogP) is 2.05. The van der Waals surface area contributed by atoms with Gasteiger partial charge in [0.25, 0.3) is 0 Å². The maximum Gasteiger partial charge on any atom is 0.182 e. The summed E-state index contributed by atoms with van der Waals surface area (Å²) >= 11 is 0. The Bertz CT molecular complexity index is 447. The highest BCUT2D eigenvalue weighted by molar-refractivity contribution is 6.08. The molecule has 3 heteroatoms. The molecule has 0 aliphatic heterocycles. The average Bonchev–Trinajstić information content (AvgIpc) is 2.35. The zero-order valence-corrected chi connectivity index (χ0v) is 11.1. The molecule has 0 aromatic carbocycles. The summed E-state index contributed by atoms with van der Waals surface area (Å²) < 4.78 is 0. The average molecular weight is 248 g/mol. The molecule has 0 heterocycles. The van der Waals surface area contributed by atoms with Crippen LogP contribution in [0.25, 0.3) is 0 Å². The van der Waals surface area contributed by atoms with Crippen LogP contribution in [0.2, 0.25) is 0 Å². The minimum Gasteiger partial charge on any atom is -0.389 e. The maximum atomic E-state index is 12.0. The fraction of sp³-hybridized carbons (Fsp3) is 0.600.